The summed E-state index contributed by atoms with van der Waals surface area (Å²) in [7, 11) is 0. The van der Waals surface area contributed by atoms with Crippen molar-refractivity contribution in [2.75, 3.05) is 0 Å². The van der Waals surface area contributed by atoms with Crippen molar-refractivity contribution in [2.24, 2.45) is 5.41 Å². The van der Waals surface area contributed by atoms with Gasteiger partial charge in [0.2, 0.25) is 0 Å². The van der Waals surface area contributed by atoms with E-state index >= 15 is 0 Å². The first-order valence-corrected chi connectivity index (χ1v) is 5.81. The maximum Gasteiger partial charge on any atom is 0.316 e. The molecular weight excluding hydrogens is 200 g/mol. The lowest BCUT2D eigenvalue weighted by Crippen LogP contribution is -2.28. The van der Waals surface area contributed by atoms with E-state index in [4.69, 9.17) is 4.74 Å². The van der Waals surface area contributed by atoms with Crippen LogP contribution in [0.4, 0.5) is 0 Å². The summed E-state index contributed by atoms with van der Waals surface area (Å²) in [5, 5.41) is 0. The fourth-order valence-corrected chi connectivity index (χ4v) is 1.18. The molecule has 0 saturated carbocycles. The zero-order valence-electron chi connectivity index (χ0n) is 10.5. The second-order valence-electron chi connectivity index (χ2n) is 4.62. The standard InChI is InChI=1S/C14H20O2/c1-5-11-7-9-12(10-8-11)16-13(15)14(3,4)6-2/h7-10H,5-6H2,1-4H3. The van der Waals surface area contributed by atoms with Crippen LogP contribution in [0.15, 0.2) is 24.3 Å². The van der Waals surface area contributed by atoms with E-state index in [-0.39, 0.29) is 5.97 Å². The summed E-state index contributed by atoms with van der Waals surface area (Å²) < 4.78 is 5.33. The number of hydrogen-bond acceptors (Lipinski definition) is 2. The second kappa shape index (κ2) is 5.15. The Bertz CT molecular complexity index is 350. The normalized spacial score (nSPS) is 11.2. The Kier molecular flexibility index (Phi) is 4.11. The Morgan fingerprint density at radius 1 is 1.19 bits per heavy atom. The first-order valence-electron chi connectivity index (χ1n) is 5.81. The van der Waals surface area contributed by atoms with Crippen LogP contribution >= 0.6 is 0 Å². The molecule has 0 heterocycles. The highest BCUT2D eigenvalue weighted by Gasteiger charge is 2.27. The van der Waals surface area contributed by atoms with Gasteiger partial charge in [-0.2, -0.15) is 0 Å². The lowest BCUT2D eigenvalue weighted by Gasteiger charge is -2.20. The molecule has 0 atom stereocenters. The molecule has 0 N–H and O–H groups in total. The Morgan fingerprint density at radius 3 is 2.19 bits per heavy atom. The molecule has 0 bridgehead atoms. The molecule has 0 radical (unpaired) electrons. The third-order valence-electron chi connectivity index (χ3n) is 2.98. The largest absolute Gasteiger partial charge is 0.426 e. The predicted molar refractivity (Wildman–Crippen MR) is 65.5 cm³/mol. The van der Waals surface area contributed by atoms with Gasteiger partial charge in [-0.1, -0.05) is 26.0 Å². The third kappa shape index (κ3) is 3.09. The molecule has 0 aliphatic rings. The van der Waals surface area contributed by atoms with Gasteiger partial charge in [0.1, 0.15) is 5.75 Å². The molecule has 0 spiro atoms. The highest BCUT2D eigenvalue weighted by atomic mass is 16.5. The van der Waals surface area contributed by atoms with Gasteiger partial charge in [-0.25, -0.2) is 0 Å². The molecule has 2 heteroatoms. The molecule has 0 unspecified atom stereocenters. The van der Waals surface area contributed by atoms with Crippen LogP contribution in [0.1, 0.15) is 39.7 Å². The first kappa shape index (κ1) is 12.8. The van der Waals surface area contributed by atoms with Gasteiger partial charge in [0.25, 0.3) is 0 Å². The van der Waals surface area contributed by atoms with Crippen LogP contribution in [-0.2, 0) is 11.2 Å². The van der Waals surface area contributed by atoms with Gasteiger partial charge in [-0.05, 0) is 44.4 Å². The average Bonchev–Trinajstić information content (AvgIpc) is 2.30. The topological polar surface area (TPSA) is 26.3 Å². The van der Waals surface area contributed by atoms with Crippen LogP contribution in [0.25, 0.3) is 0 Å². The van der Waals surface area contributed by atoms with E-state index in [2.05, 4.69) is 6.92 Å². The van der Waals surface area contributed by atoms with Gasteiger partial charge in [0.15, 0.2) is 0 Å². The number of carbonyl (C=O) groups is 1. The molecule has 0 aliphatic heterocycles. The van der Waals surface area contributed by atoms with E-state index in [1.807, 2.05) is 45.0 Å². The number of ether oxygens (including phenoxy) is 1. The van der Waals surface area contributed by atoms with Crippen molar-refractivity contribution < 1.29 is 9.53 Å². The number of esters is 1. The van der Waals surface area contributed by atoms with Gasteiger partial charge < -0.3 is 4.74 Å². The molecule has 1 rings (SSSR count). The SMILES string of the molecule is CCc1ccc(OC(=O)C(C)(C)CC)cc1. The summed E-state index contributed by atoms with van der Waals surface area (Å²) in [6.45, 7) is 7.88. The highest BCUT2D eigenvalue weighted by molar-refractivity contribution is 5.78. The summed E-state index contributed by atoms with van der Waals surface area (Å²) in [5.41, 5.74) is 0.832. The molecule has 0 aromatic heterocycles. The molecule has 88 valence electrons. The van der Waals surface area contributed by atoms with Crippen LogP contribution < -0.4 is 4.74 Å². The van der Waals surface area contributed by atoms with Crippen LogP contribution in [0.2, 0.25) is 0 Å². The Labute approximate surface area is 97.6 Å². The Hall–Kier alpha value is -1.31. The predicted octanol–water partition coefficient (Wildman–Crippen LogP) is 3.59. The van der Waals surface area contributed by atoms with Crippen molar-refractivity contribution in [3.05, 3.63) is 29.8 Å². The van der Waals surface area contributed by atoms with Gasteiger partial charge >= 0.3 is 5.97 Å². The number of benzene rings is 1. The molecule has 1 aromatic carbocycles. The summed E-state index contributed by atoms with van der Waals surface area (Å²) in [6.07, 6.45) is 1.77. The van der Waals surface area contributed by atoms with Crippen molar-refractivity contribution in [1.82, 2.24) is 0 Å². The molecule has 1 aromatic rings. The number of aryl methyl sites for hydroxylation is 1. The summed E-state index contributed by atoms with van der Waals surface area (Å²) in [6, 6.07) is 7.67. The molecule has 0 fully saturated rings. The fourth-order valence-electron chi connectivity index (χ4n) is 1.18. The van der Waals surface area contributed by atoms with E-state index in [0.29, 0.717) is 5.75 Å². The molecule has 0 aliphatic carbocycles. The number of hydrogen-bond donors (Lipinski definition) is 0. The smallest absolute Gasteiger partial charge is 0.316 e. The van der Waals surface area contributed by atoms with Crippen molar-refractivity contribution >= 4 is 5.97 Å². The van der Waals surface area contributed by atoms with Crippen LogP contribution in [0.3, 0.4) is 0 Å². The fraction of sp³-hybridized carbons (Fsp3) is 0.500. The highest BCUT2D eigenvalue weighted by Crippen LogP contribution is 2.23. The van der Waals surface area contributed by atoms with Crippen molar-refractivity contribution in [2.45, 2.75) is 40.5 Å². The molecular formula is C14H20O2. The summed E-state index contributed by atoms with van der Waals surface area (Å²) >= 11 is 0. The van der Waals surface area contributed by atoms with Crippen molar-refractivity contribution in [3.63, 3.8) is 0 Å². The monoisotopic (exact) mass is 220 g/mol. The van der Waals surface area contributed by atoms with E-state index in [0.717, 1.165) is 12.8 Å². The minimum atomic E-state index is -0.413. The Balaban J connectivity index is 2.70. The number of rotatable bonds is 4. The van der Waals surface area contributed by atoms with Gasteiger partial charge in [0.05, 0.1) is 5.41 Å². The Morgan fingerprint density at radius 2 is 1.75 bits per heavy atom. The lowest BCUT2D eigenvalue weighted by atomic mass is 9.91. The summed E-state index contributed by atoms with van der Waals surface area (Å²) in [5.74, 6) is 0.461. The lowest BCUT2D eigenvalue weighted by molar-refractivity contribution is -0.144. The third-order valence-corrected chi connectivity index (χ3v) is 2.98. The zero-order chi connectivity index (χ0) is 12.2. The second-order valence-corrected chi connectivity index (χ2v) is 4.62. The van der Waals surface area contributed by atoms with Gasteiger partial charge in [-0.15, -0.1) is 0 Å². The van der Waals surface area contributed by atoms with Crippen molar-refractivity contribution in [1.29, 1.82) is 0 Å². The minimum absolute atomic E-state index is 0.167. The van der Waals surface area contributed by atoms with E-state index in [1.165, 1.54) is 5.56 Å². The van der Waals surface area contributed by atoms with Gasteiger partial charge in [-0.3, -0.25) is 4.79 Å². The number of carbonyl (C=O) groups excluding carboxylic acids is 1. The summed E-state index contributed by atoms with van der Waals surface area (Å²) in [4.78, 5) is 11.8. The maximum absolute atomic E-state index is 11.8. The quantitative estimate of drug-likeness (QED) is 0.572. The molecule has 0 amide bonds. The van der Waals surface area contributed by atoms with Crippen LogP contribution in [0, 0.1) is 5.41 Å². The van der Waals surface area contributed by atoms with Crippen LogP contribution in [-0.4, -0.2) is 5.97 Å². The molecule has 0 saturated heterocycles. The maximum atomic E-state index is 11.8. The molecule has 16 heavy (non-hydrogen) atoms. The molecule has 2 nitrogen and oxygen atoms in total. The van der Waals surface area contributed by atoms with E-state index in [1.54, 1.807) is 0 Å². The average molecular weight is 220 g/mol. The zero-order valence-corrected chi connectivity index (χ0v) is 10.5. The van der Waals surface area contributed by atoms with E-state index in [9.17, 15) is 4.79 Å². The van der Waals surface area contributed by atoms with E-state index < -0.39 is 5.41 Å². The van der Waals surface area contributed by atoms with Crippen LogP contribution in [0.5, 0.6) is 5.75 Å². The first-order chi connectivity index (χ1) is 7.49. The van der Waals surface area contributed by atoms with Crippen molar-refractivity contribution in [3.8, 4) is 5.75 Å². The minimum Gasteiger partial charge on any atom is -0.426 e. The van der Waals surface area contributed by atoms with Gasteiger partial charge in [0, 0.05) is 0 Å².